The van der Waals surface area contributed by atoms with E-state index in [9.17, 15) is 18.3 Å². The lowest BCUT2D eigenvalue weighted by Gasteiger charge is -2.19. The van der Waals surface area contributed by atoms with Crippen LogP contribution >= 0.6 is 0 Å². The summed E-state index contributed by atoms with van der Waals surface area (Å²) in [6.45, 7) is 0.638. The number of aliphatic hydroxyl groups is 1. The van der Waals surface area contributed by atoms with E-state index in [-0.39, 0.29) is 6.10 Å². The minimum Gasteiger partial charge on any atom is -0.393 e. The number of hydrogen-bond donors (Lipinski definition) is 1. The van der Waals surface area contributed by atoms with Crippen LogP contribution < -0.4 is 0 Å². The first-order valence-electron chi connectivity index (χ1n) is 6.68. The number of aliphatic hydroxyl groups excluding tert-OH is 1. The number of nitrogens with zero attached hydrogens (tertiary/aromatic N) is 3. The van der Waals surface area contributed by atoms with Crippen LogP contribution in [0.2, 0.25) is 0 Å². The Morgan fingerprint density at radius 2 is 1.90 bits per heavy atom. The lowest BCUT2D eigenvalue weighted by Crippen LogP contribution is -2.24. The summed E-state index contributed by atoms with van der Waals surface area (Å²) in [5.41, 5.74) is 0.0990. The van der Waals surface area contributed by atoms with Gasteiger partial charge in [0.05, 0.1) is 11.7 Å². The molecular formula is C14H14F3N3O. The molecular weight excluding hydrogens is 283 g/mol. The van der Waals surface area contributed by atoms with Crippen molar-refractivity contribution in [2.75, 3.05) is 0 Å². The van der Waals surface area contributed by atoms with Crippen LogP contribution in [-0.2, 0) is 25.6 Å². The number of fused-ring (bicyclic) bond motifs is 1. The third kappa shape index (κ3) is 2.92. The number of hydrogen-bond acceptors (Lipinski definition) is 3. The zero-order chi connectivity index (χ0) is 15.0. The van der Waals surface area contributed by atoms with E-state index in [2.05, 4.69) is 10.2 Å². The van der Waals surface area contributed by atoms with Crippen molar-refractivity contribution in [1.82, 2.24) is 14.8 Å². The Balaban J connectivity index is 1.78. The summed E-state index contributed by atoms with van der Waals surface area (Å²) in [6.07, 6.45) is -3.16. The molecule has 0 amide bonds. The van der Waals surface area contributed by atoms with Gasteiger partial charge in [0.2, 0.25) is 0 Å². The molecule has 1 unspecified atom stereocenters. The molecule has 2 heterocycles. The van der Waals surface area contributed by atoms with Crippen LogP contribution in [0.5, 0.6) is 0 Å². The molecule has 1 aromatic carbocycles. The standard InChI is InChI=1S/C14H14F3N3O/c15-14(16,17)10-3-1-9(2-4-10)7-12-18-19-13-8-11(21)5-6-20(12)13/h1-4,11,21H,5-8H2. The van der Waals surface area contributed by atoms with Crippen LogP contribution in [0.4, 0.5) is 13.2 Å². The van der Waals surface area contributed by atoms with Crippen molar-refractivity contribution in [3.63, 3.8) is 0 Å². The van der Waals surface area contributed by atoms with Crippen molar-refractivity contribution in [2.45, 2.75) is 38.1 Å². The second-order valence-electron chi connectivity index (χ2n) is 5.20. The fourth-order valence-corrected chi connectivity index (χ4v) is 2.50. The highest BCUT2D eigenvalue weighted by Crippen LogP contribution is 2.29. The van der Waals surface area contributed by atoms with Gasteiger partial charge >= 0.3 is 6.18 Å². The molecule has 0 saturated carbocycles. The van der Waals surface area contributed by atoms with Gasteiger partial charge in [0.25, 0.3) is 0 Å². The monoisotopic (exact) mass is 297 g/mol. The largest absolute Gasteiger partial charge is 0.416 e. The molecule has 1 aliphatic rings. The molecule has 0 fully saturated rings. The zero-order valence-corrected chi connectivity index (χ0v) is 11.1. The first kappa shape index (κ1) is 14.1. The molecule has 0 aliphatic carbocycles. The van der Waals surface area contributed by atoms with Gasteiger partial charge in [0, 0.05) is 19.4 Å². The van der Waals surface area contributed by atoms with Crippen molar-refractivity contribution in [1.29, 1.82) is 0 Å². The van der Waals surface area contributed by atoms with Crippen LogP contribution in [0.1, 0.15) is 29.2 Å². The lowest BCUT2D eigenvalue weighted by atomic mass is 10.1. The SMILES string of the molecule is OC1CCn2c(Cc3ccc(C(F)(F)F)cc3)nnc2C1. The van der Waals surface area contributed by atoms with Crippen LogP contribution in [0.25, 0.3) is 0 Å². The number of rotatable bonds is 2. The fraction of sp³-hybridized carbons (Fsp3) is 0.429. The van der Waals surface area contributed by atoms with Gasteiger partial charge in [-0.05, 0) is 24.1 Å². The maximum absolute atomic E-state index is 12.5. The Bertz CT molecular complexity index is 634. The topological polar surface area (TPSA) is 50.9 Å². The van der Waals surface area contributed by atoms with E-state index < -0.39 is 11.7 Å². The van der Waals surface area contributed by atoms with E-state index in [0.717, 1.165) is 29.3 Å². The Hall–Kier alpha value is -1.89. The average Bonchev–Trinajstić information content (AvgIpc) is 2.80. The fourth-order valence-electron chi connectivity index (χ4n) is 2.50. The molecule has 112 valence electrons. The van der Waals surface area contributed by atoms with Crippen molar-refractivity contribution in [3.05, 3.63) is 47.0 Å². The highest BCUT2D eigenvalue weighted by molar-refractivity contribution is 5.26. The number of alkyl halides is 3. The Morgan fingerprint density at radius 1 is 1.19 bits per heavy atom. The third-order valence-electron chi connectivity index (χ3n) is 3.65. The van der Waals surface area contributed by atoms with Crippen molar-refractivity contribution in [3.8, 4) is 0 Å². The molecule has 1 N–H and O–H groups in total. The van der Waals surface area contributed by atoms with Gasteiger partial charge in [-0.1, -0.05) is 12.1 Å². The highest BCUT2D eigenvalue weighted by atomic mass is 19.4. The van der Waals surface area contributed by atoms with Crippen molar-refractivity contribution < 1.29 is 18.3 Å². The summed E-state index contributed by atoms with van der Waals surface area (Å²) >= 11 is 0. The molecule has 1 aliphatic heterocycles. The Labute approximate surface area is 119 Å². The van der Waals surface area contributed by atoms with E-state index >= 15 is 0 Å². The Morgan fingerprint density at radius 3 is 2.57 bits per heavy atom. The van der Waals surface area contributed by atoms with E-state index in [0.29, 0.717) is 25.8 Å². The molecule has 1 atom stereocenters. The first-order valence-corrected chi connectivity index (χ1v) is 6.68. The van der Waals surface area contributed by atoms with Crippen LogP contribution in [0.3, 0.4) is 0 Å². The molecule has 1 aromatic heterocycles. The van der Waals surface area contributed by atoms with E-state index in [1.807, 2.05) is 4.57 Å². The maximum Gasteiger partial charge on any atom is 0.416 e. The second kappa shape index (κ2) is 5.14. The summed E-state index contributed by atoms with van der Waals surface area (Å²) < 4.78 is 39.5. The van der Waals surface area contributed by atoms with Gasteiger partial charge in [-0.3, -0.25) is 0 Å². The summed E-state index contributed by atoms with van der Waals surface area (Å²) in [7, 11) is 0. The average molecular weight is 297 g/mol. The second-order valence-corrected chi connectivity index (χ2v) is 5.20. The van der Waals surface area contributed by atoms with Crippen molar-refractivity contribution >= 4 is 0 Å². The summed E-state index contributed by atoms with van der Waals surface area (Å²) in [6, 6.07) is 5.07. The molecule has 2 aromatic rings. The van der Waals surface area contributed by atoms with E-state index in [4.69, 9.17) is 0 Å². The quantitative estimate of drug-likeness (QED) is 0.924. The summed E-state index contributed by atoms with van der Waals surface area (Å²) in [5, 5.41) is 17.7. The predicted molar refractivity (Wildman–Crippen MR) is 68.6 cm³/mol. The minimum atomic E-state index is -4.32. The molecule has 0 spiro atoms. The molecule has 4 nitrogen and oxygen atoms in total. The molecule has 0 bridgehead atoms. The molecule has 7 heteroatoms. The predicted octanol–water partition coefficient (Wildman–Crippen LogP) is 2.19. The Kier molecular flexibility index (Phi) is 3.44. The van der Waals surface area contributed by atoms with Gasteiger partial charge in [0.1, 0.15) is 11.6 Å². The van der Waals surface area contributed by atoms with Gasteiger partial charge < -0.3 is 9.67 Å². The zero-order valence-electron chi connectivity index (χ0n) is 11.1. The van der Waals surface area contributed by atoms with E-state index in [1.54, 1.807) is 0 Å². The summed E-state index contributed by atoms with van der Waals surface area (Å²) in [4.78, 5) is 0. The van der Waals surface area contributed by atoms with Gasteiger partial charge in [-0.2, -0.15) is 13.2 Å². The van der Waals surface area contributed by atoms with Gasteiger partial charge in [-0.25, -0.2) is 0 Å². The minimum absolute atomic E-state index is 0.388. The van der Waals surface area contributed by atoms with Gasteiger partial charge in [0.15, 0.2) is 0 Å². The van der Waals surface area contributed by atoms with E-state index in [1.165, 1.54) is 12.1 Å². The summed E-state index contributed by atoms with van der Waals surface area (Å²) in [5.74, 6) is 1.45. The molecule has 21 heavy (non-hydrogen) atoms. The van der Waals surface area contributed by atoms with Crippen molar-refractivity contribution in [2.24, 2.45) is 0 Å². The number of aromatic nitrogens is 3. The van der Waals surface area contributed by atoms with Crippen LogP contribution in [0, 0.1) is 0 Å². The molecule has 0 saturated heterocycles. The molecule has 0 radical (unpaired) electrons. The highest BCUT2D eigenvalue weighted by Gasteiger charge is 2.30. The molecule has 3 rings (SSSR count). The van der Waals surface area contributed by atoms with Crippen LogP contribution in [0.15, 0.2) is 24.3 Å². The third-order valence-corrected chi connectivity index (χ3v) is 3.65. The maximum atomic E-state index is 12.5. The number of benzene rings is 1. The smallest absolute Gasteiger partial charge is 0.393 e. The number of halogens is 3. The van der Waals surface area contributed by atoms with Gasteiger partial charge in [-0.15, -0.1) is 10.2 Å². The lowest BCUT2D eigenvalue weighted by molar-refractivity contribution is -0.137. The first-order chi connectivity index (χ1) is 9.93. The normalized spacial score (nSPS) is 18.6. The van der Waals surface area contributed by atoms with Crippen LogP contribution in [-0.4, -0.2) is 26.0 Å².